The quantitative estimate of drug-likeness (QED) is 0.122. The van der Waals surface area contributed by atoms with Crippen LogP contribution in [0.1, 0.15) is 30.5 Å². The van der Waals surface area contributed by atoms with Crippen LogP contribution in [-0.2, 0) is 17.8 Å². The van der Waals surface area contributed by atoms with Gasteiger partial charge in [-0.1, -0.05) is 61.5 Å². The SMILES string of the molecule is CCOc1cc(/C=C(\C#N)C(=O)Nc2ccc(CC)cc2)cc(I)c1OCc1cccc2ccccc12. The number of aryl methyl sites for hydroxylation is 1. The van der Waals surface area contributed by atoms with E-state index in [0.717, 1.165) is 26.3 Å². The molecular formula is C31H27IN2O3. The summed E-state index contributed by atoms with van der Waals surface area (Å²) >= 11 is 2.20. The van der Waals surface area contributed by atoms with Gasteiger partial charge in [0.1, 0.15) is 18.2 Å². The van der Waals surface area contributed by atoms with Crippen molar-refractivity contribution in [2.75, 3.05) is 11.9 Å². The number of hydrogen-bond acceptors (Lipinski definition) is 4. The second-order valence-corrected chi connectivity index (χ2v) is 9.53. The molecular weight excluding hydrogens is 575 g/mol. The molecule has 4 aromatic rings. The molecule has 1 amide bonds. The topological polar surface area (TPSA) is 71.3 Å². The lowest BCUT2D eigenvalue weighted by atomic mass is 10.1. The van der Waals surface area contributed by atoms with Crippen LogP contribution in [-0.4, -0.2) is 12.5 Å². The Bertz CT molecular complexity index is 1480. The van der Waals surface area contributed by atoms with Gasteiger partial charge in [-0.05, 0) is 93.7 Å². The smallest absolute Gasteiger partial charge is 0.266 e. The predicted molar refractivity (Wildman–Crippen MR) is 157 cm³/mol. The maximum atomic E-state index is 12.8. The van der Waals surface area contributed by atoms with E-state index in [1.54, 1.807) is 12.1 Å². The molecule has 0 aliphatic carbocycles. The molecule has 0 aliphatic rings. The molecule has 0 bridgehead atoms. The maximum absolute atomic E-state index is 12.8. The van der Waals surface area contributed by atoms with E-state index >= 15 is 0 Å². The molecule has 4 aromatic carbocycles. The molecule has 0 aromatic heterocycles. The lowest BCUT2D eigenvalue weighted by Crippen LogP contribution is -2.13. The van der Waals surface area contributed by atoms with Crippen molar-refractivity contribution in [2.45, 2.75) is 26.9 Å². The van der Waals surface area contributed by atoms with Crippen molar-refractivity contribution in [2.24, 2.45) is 0 Å². The van der Waals surface area contributed by atoms with Crippen molar-refractivity contribution >= 4 is 51.0 Å². The zero-order valence-corrected chi connectivity index (χ0v) is 22.9. The number of fused-ring (bicyclic) bond motifs is 1. The van der Waals surface area contributed by atoms with Gasteiger partial charge in [-0.15, -0.1) is 0 Å². The molecule has 1 N–H and O–H groups in total. The molecule has 0 saturated heterocycles. The zero-order chi connectivity index (χ0) is 26.2. The molecule has 0 spiro atoms. The summed E-state index contributed by atoms with van der Waals surface area (Å²) in [5, 5.41) is 14.8. The molecule has 186 valence electrons. The van der Waals surface area contributed by atoms with Crippen LogP contribution in [0, 0.1) is 14.9 Å². The third kappa shape index (κ3) is 6.49. The minimum Gasteiger partial charge on any atom is -0.490 e. The fourth-order valence-electron chi connectivity index (χ4n) is 3.98. The number of ether oxygens (including phenoxy) is 2. The number of carbonyl (C=O) groups excluding carboxylic acids is 1. The van der Waals surface area contributed by atoms with Crippen LogP contribution in [0.2, 0.25) is 0 Å². The normalized spacial score (nSPS) is 11.1. The van der Waals surface area contributed by atoms with E-state index in [2.05, 4.69) is 59.1 Å². The summed E-state index contributed by atoms with van der Waals surface area (Å²) in [6.07, 6.45) is 2.48. The first kappa shape index (κ1) is 26.2. The van der Waals surface area contributed by atoms with Crippen molar-refractivity contribution in [3.8, 4) is 17.6 Å². The van der Waals surface area contributed by atoms with E-state index < -0.39 is 5.91 Å². The highest BCUT2D eigenvalue weighted by molar-refractivity contribution is 14.1. The highest BCUT2D eigenvalue weighted by Gasteiger charge is 2.15. The summed E-state index contributed by atoms with van der Waals surface area (Å²) in [7, 11) is 0. The summed E-state index contributed by atoms with van der Waals surface area (Å²) < 4.78 is 13.0. The largest absolute Gasteiger partial charge is 0.490 e. The van der Waals surface area contributed by atoms with Gasteiger partial charge in [0.2, 0.25) is 0 Å². The number of halogens is 1. The van der Waals surface area contributed by atoms with Gasteiger partial charge in [0.15, 0.2) is 11.5 Å². The number of hydrogen-bond donors (Lipinski definition) is 1. The Morgan fingerprint density at radius 1 is 1.00 bits per heavy atom. The Balaban J connectivity index is 1.57. The monoisotopic (exact) mass is 602 g/mol. The van der Waals surface area contributed by atoms with Gasteiger partial charge in [-0.25, -0.2) is 0 Å². The average molecular weight is 602 g/mol. The number of carbonyl (C=O) groups is 1. The minimum absolute atomic E-state index is 0.00207. The first-order valence-electron chi connectivity index (χ1n) is 12.1. The predicted octanol–water partition coefficient (Wildman–Crippen LogP) is 7.53. The first-order valence-corrected chi connectivity index (χ1v) is 13.2. The first-order chi connectivity index (χ1) is 18.0. The molecule has 0 heterocycles. The molecule has 37 heavy (non-hydrogen) atoms. The van der Waals surface area contributed by atoms with Gasteiger partial charge in [-0.3, -0.25) is 4.79 Å². The number of amides is 1. The summed E-state index contributed by atoms with van der Waals surface area (Å²) in [6, 6.07) is 27.6. The Labute approximate surface area is 230 Å². The molecule has 0 aliphatic heterocycles. The van der Waals surface area contributed by atoms with E-state index in [1.807, 2.05) is 61.5 Å². The number of rotatable bonds is 9. The van der Waals surface area contributed by atoms with Crippen LogP contribution in [0.15, 0.2) is 84.4 Å². The van der Waals surface area contributed by atoms with E-state index in [0.29, 0.717) is 36.0 Å². The number of anilines is 1. The van der Waals surface area contributed by atoms with Crippen LogP contribution >= 0.6 is 22.6 Å². The zero-order valence-electron chi connectivity index (χ0n) is 20.8. The van der Waals surface area contributed by atoms with E-state index in [-0.39, 0.29) is 5.57 Å². The number of benzene rings is 4. The molecule has 0 saturated carbocycles. The fourth-order valence-corrected chi connectivity index (χ4v) is 4.76. The van der Waals surface area contributed by atoms with Gasteiger partial charge in [0.05, 0.1) is 10.2 Å². The van der Waals surface area contributed by atoms with E-state index in [1.165, 1.54) is 5.56 Å². The third-order valence-electron chi connectivity index (χ3n) is 5.88. The van der Waals surface area contributed by atoms with Crippen LogP contribution in [0.3, 0.4) is 0 Å². The Kier molecular flexibility index (Phi) is 8.81. The Hall–Kier alpha value is -3.83. The van der Waals surface area contributed by atoms with Crippen molar-refractivity contribution < 1.29 is 14.3 Å². The van der Waals surface area contributed by atoms with E-state index in [9.17, 15) is 10.1 Å². The van der Waals surface area contributed by atoms with Crippen LogP contribution in [0.25, 0.3) is 16.8 Å². The lowest BCUT2D eigenvalue weighted by molar-refractivity contribution is -0.112. The standard InChI is InChI=1S/C31H27IN2O3/c1-3-21-12-14-26(15-13-21)34-31(35)25(19-33)16-22-17-28(32)30(29(18-22)36-4-2)37-20-24-10-7-9-23-8-5-6-11-27(23)24/h5-18H,3-4,20H2,1-2H3,(H,34,35)/b25-16+. The molecule has 0 unspecified atom stereocenters. The highest BCUT2D eigenvalue weighted by Crippen LogP contribution is 2.36. The molecule has 0 atom stereocenters. The van der Waals surface area contributed by atoms with Crippen LogP contribution < -0.4 is 14.8 Å². The molecule has 0 radical (unpaired) electrons. The molecule has 5 nitrogen and oxygen atoms in total. The van der Waals surface area contributed by atoms with Gasteiger partial charge in [0.25, 0.3) is 5.91 Å². The molecule has 4 rings (SSSR count). The van der Waals surface area contributed by atoms with Gasteiger partial charge < -0.3 is 14.8 Å². The number of nitrogens with one attached hydrogen (secondary N) is 1. The van der Waals surface area contributed by atoms with Crippen molar-refractivity contribution in [1.82, 2.24) is 0 Å². The van der Waals surface area contributed by atoms with Gasteiger partial charge in [0, 0.05) is 5.69 Å². The third-order valence-corrected chi connectivity index (χ3v) is 6.68. The minimum atomic E-state index is -0.462. The fraction of sp³-hybridized carbons (Fsp3) is 0.161. The summed E-state index contributed by atoms with van der Waals surface area (Å²) in [5.74, 6) is 0.733. The Morgan fingerprint density at radius 2 is 1.76 bits per heavy atom. The summed E-state index contributed by atoms with van der Waals surface area (Å²) in [4.78, 5) is 12.8. The number of nitriles is 1. The summed E-state index contributed by atoms with van der Waals surface area (Å²) in [5.41, 5.74) is 3.58. The number of nitrogens with zero attached hydrogens (tertiary/aromatic N) is 1. The molecule has 0 fully saturated rings. The lowest BCUT2D eigenvalue weighted by Gasteiger charge is -2.16. The Morgan fingerprint density at radius 3 is 2.49 bits per heavy atom. The van der Waals surface area contributed by atoms with Crippen LogP contribution in [0.5, 0.6) is 11.5 Å². The maximum Gasteiger partial charge on any atom is 0.266 e. The van der Waals surface area contributed by atoms with Crippen molar-refractivity contribution in [3.05, 3.63) is 105 Å². The van der Waals surface area contributed by atoms with Crippen molar-refractivity contribution in [3.63, 3.8) is 0 Å². The summed E-state index contributed by atoms with van der Waals surface area (Å²) in [6.45, 7) is 4.81. The van der Waals surface area contributed by atoms with Gasteiger partial charge in [-0.2, -0.15) is 5.26 Å². The van der Waals surface area contributed by atoms with Gasteiger partial charge >= 0.3 is 0 Å². The van der Waals surface area contributed by atoms with Crippen LogP contribution in [0.4, 0.5) is 5.69 Å². The van der Waals surface area contributed by atoms with E-state index in [4.69, 9.17) is 9.47 Å². The highest BCUT2D eigenvalue weighted by atomic mass is 127. The second kappa shape index (κ2) is 12.4. The average Bonchev–Trinajstić information content (AvgIpc) is 2.92. The van der Waals surface area contributed by atoms with Crippen molar-refractivity contribution in [1.29, 1.82) is 5.26 Å². The molecule has 6 heteroatoms. The second-order valence-electron chi connectivity index (χ2n) is 8.36.